The van der Waals surface area contributed by atoms with Crippen molar-refractivity contribution in [2.75, 3.05) is 7.18 Å². The fourth-order valence-corrected chi connectivity index (χ4v) is 7.34. The number of alkyl halides is 1. The van der Waals surface area contributed by atoms with Crippen molar-refractivity contribution in [1.82, 2.24) is 0 Å². The van der Waals surface area contributed by atoms with E-state index in [1.54, 1.807) is 0 Å². The van der Waals surface area contributed by atoms with Crippen LogP contribution < -0.4 is 0 Å². The van der Waals surface area contributed by atoms with Gasteiger partial charge in [0.25, 0.3) is 0 Å². The van der Waals surface area contributed by atoms with Crippen LogP contribution in [0.15, 0.2) is 35.5 Å². The van der Waals surface area contributed by atoms with Gasteiger partial charge in [-0.2, -0.15) is 5.26 Å². The predicted molar refractivity (Wildman–Crippen MR) is 107 cm³/mol. The molecule has 27 heavy (non-hydrogen) atoms. The van der Waals surface area contributed by atoms with Crippen LogP contribution >= 0.6 is 0 Å². The Morgan fingerprint density at radius 1 is 1.26 bits per heavy atom. The zero-order valence-corrected chi connectivity index (χ0v) is 16.9. The van der Waals surface area contributed by atoms with Gasteiger partial charge in [-0.1, -0.05) is 36.3 Å². The Balaban J connectivity index is 0.00000102. The van der Waals surface area contributed by atoms with Crippen LogP contribution in [-0.2, 0) is 4.79 Å². The molecule has 0 aromatic carbocycles. The molecule has 6 unspecified atom stereocenters. The standard InChI is InChI=1S/C23H29NO.CH3F/c1-3-11-22(2)17(10-14-25)4-5-18-20(22)8-12-23-15-16(9-13-24)19(23)6-7-21(18)23;1-2/h3,10-11,14-15,18-21H,4-9,12H2,1-2H3;1H3/b11-3-,17-10-;. The van der Waals surface area contributed by atoms with Gasteiger partial charge in [-0.25, -0.2) is 0 Å². The van der Waals surface area contributed by atoms with Gasteiger partial charge in [-0.05, 0) is 80.6 Å². The van der Waals surface area contributed by atoms with Gasteiger partial charge in [0, 0.05) is 5.41 Å². The number of aldehydes is 1. The molecule has 0 saturated heterocycles. The second-order valence-corrected chi connectivity index (χ2v) is 8.86. The highest BCUT2D eigenvalue weighted by atomic mass is 19.1. The number of allylic oxidation sites excluding steroid dienone is 6. The van der Waals surface area contributed by atoms with E-state index in [0.717, 1.165) is 24.5 Å². The predicted octanol–water partition coefficient (Wildman–Crippen LogP) is 5.97. The Morgan fingerprint density at radius 2 is 2.04 bits per heavy atom. The van der Waals surface area contributed by atoms with E-state index in [-0.39, 0.29) is 5.41 Å². The first-order chi connectivity index (χ1) is 13.1. The van der Waals surface area contributed by atoms with Crippen molar-refractivity contribution in [2.45, 2.75) is 58.8 Å². The summed E-state index contributed by atoms with van der Waals surface area (Å²) in [5.74, 6) is 2.91. The summed E-state index contributed by atoms with van der Waals surface area (Å²) in [6.07, 6.45) is 18.0. The van der Waals surface area contributed by atoms with E-state index in [1.165, 1.54) is 43.3 Å². The number of fused-ring (bicyclic) bond motifs is 2. The van der Waals surface area contributed by atoms with E-state index >= 15 is 0 Å². The minimum absolute atomic E-state index is 0.0429. The molecule has 0 amide bonds. The third-order valence-electron chi connectivity index (χ3n) is 8.20. The topological polar surface area (TPSA) is 40.9 Å². The Labute approximate surface area is 163 Å². The molecule has 4 aliphatic rings. The van der Waals surface area contributed by atoms with E-state index in [4.69, 9.17) is 5.26 Å². The quantitative estimate of drug-likeness (QED) is 0.349. The summed E-state index contributed by atoms with van der Waals surface area (Å²) in [5, 5.41) is 9.08. The van der Waals surface area contributed by atoms with E-state index < -0.39 is 0 Å². The number of halogens is 1. The second kappa shape index (κ2) is 7.74. The first kappa shape index (κ1) is 20.1. The van der Waals surface area contributed by atoms with Gasteiger partial charge in [-0.3, -0.25) is 9.18 Å². The van der Waals surface area contributed by atoms with Crippen LogP contribution in [0.1, 0.15) is 58.8 Å². The van der Waals surface area contributed by atoms with Crippen LogP contribution in [0.2, 0.25) is 0 Å². The maximum atomic E-state index is 11.2. The molecule has 2 nitrogen and oxygen atoms in total. The molecule has 0 bridgehead atoms. The molecular weight excluding hydrogens is 337 g/mol. The summed E-state index contributed by atoms with van der Waals surface area (Å²) >= 11 is 0. The highest BCUT2D eigenvalue weighted by Gasteiger charge is 2.62. The minimum atomic E-state index is 0.0429. The van der Waals surface area contributed by atoms with Gasteiger partial charge in [0.1, 0.15) is 6.29 Å². The molecule has 0 aromatic heterocycles. The van der Waals surface area contributed by atoms with Crippen molar-refractivity contribution in [3.05, 3.63) is 35.5 Å². The first-order valence-corrected chi connectivity index (χ1v) is 10.4. The summed E-state index contributed by atoms with van der Waals surface area (Å²) < 4.78 is 9.50. The molecule has 0 radical (unpaired) electrons. The van der Waals surface area contributed by atoms with Crippen LogP contribution in [0.25, 0.3) is 0 Å². The molecule has 0 aromatic rings. The third-order valence-corrected chi connectivity index (χ3v) is 8.20. The molecule has 0 N–H and O–H groups in total. The second-order valence-electron chi connectivity index (χ2n) is 8.86. The number of rotatable bonds is 3. The number of carbonyl (C=O) groups is 1. The van der Waals surface area contributed by atoms with Crippen molar-refractivity contribution in [2.24, 2.45) is 34.5 Å². The van der Waals surface area contributed by atoms with Crippen LogP contribution in [0.4, 0.5) is 4.39 Å². The van der Waals surface area contributed by atoms with Gasteiger partial charge in [-0.15, -0.1) is 0 Å². The van der Waals surface area contributed by atoms with Gasteiger partial charge < -0.3 is 0 Å². The third kappa shape index (κ3) is 2.84. The SMILES string of the molecule is C/C=C\C1(C)/C(=C\C=O)CCC2C1CCC13C=C(CC#N)C1CCC23.CF. The van der Waals surface area contributed by atoms with E-state index in [9.17, 15) is 9.18 Å². The number of nitriles is 1. The lowest BCUT2D eigenvalue weighted by atomic mass is 9.45. The Bertz CT molecular complexity index is 714. The molecule has 3 saturated carbocycles. The molecule has 3 heteroatoms. The Kier molecular flexibility index (Phi) is 5.75. The van der Waals surface area contributed by atoms with Gasteiger partial charge >= 0.3 is 0 Å². The molecule has 0 aliphatic heterocycles. The summed E-state index contributed by atoms with van der Waals surface area (Å²) in [5.41, 5.74) is 3.22. The van der Waals surface area contributed by atoms with Crippen molar-refractivity contribution in [3.8, 4) is 6.07 Å². The molecule has 3 fully saturated rings. The van der Waals surface area contributed by atoms with Crippen molar-refractivity contribution >= 4 is 6.29 Å². The number of hydrogen-bond acceptors (Lipinski definition) is 2. The molecular formula is C24H32FNO. The van der Waals surface area contributed by atoms with Crippen molar-refractivity contribution in [1.29, 1.82) is 5.26 Å². The Hall–Kier alpha value is -1.69. The van der Waals surface area contributed by atoms with E-state index in [0.29, 0.717) is 30.8 Å². The van der Waals surface area contributed by atoms with Crippen molar-refractivity contribution in [3.63, 3.8) is 0 Å². The highest BCUT2D eigenvalue weighted by Crippen LogP contribution is 2.71. The maximum Gasteiger partial charge on any atom is 0.142 e. The van der Waals surface area contributed by atoms with Crippen molar-refractivity contribution < 1.29 is 9.18 Å². The maximum absolute atomic E-state index is 11.2. The highest BCUT2D eigenvalue weighted by molar-refractivity contribution is 5.67. The fourth-order valence-electron chi connectivity index (χ4n) is 7.34. The van der Waals surface area contributed by atoms with E-state index in [2.05, 4.69) is 38.1 Å². The lowest BCUT2D eigenvalue weighted by Crippen LogP contribution is -2.52. The van der Waals surface area contributed by atoms with Crippen LogP contribution in [0.3, 0.4) is 0 Å². The normalized spacial score (nSPS) is 43.4. The zero-order valence-electron chi connectivity index (χ0n) is 16.9. The smallest absolute Gasteiger partial charge is 0.142 e. The molecule has 146 valence electrons. The zero-order chi connectivity index (χ0) is 19.7. The molecule has 1 spiro atoms. The largest absolute Gasteiger partial charge is 0.299 e. The molecule has 4 rings (SSSR count). The van der Waals surface area contributed by atoms with Crippen LogP contribution in [-0.4, -0.2) is 13.5 Å². The van der Waals surface area contributed by atoms with E-state index in [1.807, 2.05) is 6.08 Å². The fraction of sp³-hybridized carbons (Fsp3) is 0.667. The summed E-state index contributed by atoms with van der Waals surface area (Å²) in [7, 11) is 0.500. The van der Waals surface area contributed by atoms with Gasteiger partial charge in [0.15, 0.2) is 0 Å². The molecule has 4 aliphatic carbocycles. The van der Waals surface area contributed by atoms with Crippen LogP contribution in [0, 0.1) is 45.8 Å². The number of carbonyl (C=O) groups excluding carboxylic acids is 1. The number of nitrogens with zero attached hydrogens (tertiary/aromatic N) is 1. The van der Waals surface area contributed by atoms with Gasteiger partial charge in [0.2, 0.25) is 0 Å². The summed E-state index contributed by atoms with van der Waals surface area (Å²) in [4.78, 5) is 11.2. The monoisotopic (exact) mass is 369 g/mol. The average Bonchev–Trinajstić information content (AvgIpc) is 2.96. The average molecular weight is 370 g/mol. The van der Waals surface area contributed by atoms with Gasteiger partial charge in [0.05, 0.1) is 19.7 Å². The summed E-state index contributed by atoms with van der Waals surface area (Å²) in [6, 6.07) is 2.36. The lowest BCUT2D eigenvalue weighted by molar-refractivity contribution is -0.104. The Morgan fingerprint density at radius 3 is 2.70 bits per heavy atom. The summed E-state index contributed by atoms with van der Waals surface area (Å²) in [6.45, 7) is 4.47. The number of hydrogen-bond donors (Lipinski definition) is 0. The molecule has 6 atom stereocenters. The first-order valence-electron chi connectivity index (χ1n) is 10.4. The van der Waals surface area contributed by atoms with Crippen LogP contribution in [0.5, 0.6) is 0 Å². The molecule has 0 heterocycles. The lowest BCUT2D eigenvalue weighted by Gasteiger charge is -2.59. The minimum Gasteiger partial charge on any atom is -0.299 e.